The van der Waals surface area contributed by atoms with Crippen LogP contribution in [0.4, 0.5) is 0 Å². The van der Waals surface area contributed by atoms with E-state index in [0.29, 0.717) is 18.7 Å². The number of likely N-dealkylation sites (tertiary alicyclic amines) is 1. The minimum absolute atomic E-state index is 0.0347. The Labute approximate surface area is 146 Å². The maximum absolute atomic E-state index is 12.8. The molecule has 0 unspecified atom stereocenters. The van der Waals surface area contributed by atoms with Crippen LogP contribution in [0.5, 0.6) is 0 Å². The number of rotatable bonds is 5. The van der Waals surface area contributed by atoms with Gasteiger partial charge in [0.25, 0.3) is 5.56 Å². The zero-order chi connectivity index (χ0) is 17.6. The van der Waals surface area contributed by atoms with Crippen LogP contribution < -0.4 is 5.56 Å². The lowest BCUT2D eigenvalue weighted by atomic mass is 10.0. The van der Waals surface area contributed by atoms with Gasteiger partial charge in [-0.1, -0.05) is 18.9 Å². The van der Waals surface area contributed by atoms with Gasteiger partial charge in [-0.25, -0.2) is 0 Å². The Morgan fingerprint density at radius 3 is 2.88 bits per heavy atom. The van der Waals surface area contributed by atoms with E-state index in [1.165, 1.54) is 16.9 Å². The second-order valence-electron chi connectivity index (χ2n) is 6.52. The Morgan fingerprint density at radius 2 is 2.12 bits per heavy atom. The summed E-state index contributed by atoms with van der Waals surface area (Å²) in [5.41, 5.74) is -0.183. The SMILES string of the molecule is O=C(Cn1ccccc1=O)N1CCCCC[C@H]1C[C@@H](O)c1ccco1. The van der Waals surface area contributed by atoms with Crippen LogP contribution in [0.1, 0.15) is 44.0 Å². The standard InChI is InChI=1S/C19H24N2O4/c22-16(17-8-6-12-25-17)13-15-7-2-1-4-11-21(15)19(24)14-20-10-5-3-9-18(20)23/h3,5-6,8-10,12,15-16,22H,1-2,4,7,11,13-14H2/t15-,16+/m0/s1. The Balaban J connectivity index is 1.72. The lowest BCUT2D eigenvalue weighted by molar-refractivity contribution is -0.134. The third kappa shape index (κ3) is 4.39. The number of amides is 1. The monoisotopic (exact) mass is 344 g/mol. The molecule has 6 heteroatoms. The van der Waals surface area contributed by atoms with Gasteiger partial charge in [0, 0.05) is 31.3 Å². The Morgan fingerprint density at radius 1 is 1.24 bits per heavy atom. The van der Waals surface area contributed by atoms with E-state index < -0.39 is 6.10 Å². The molecule has 1 amide bonds. The van der Waals surface area contributed by atoms with Crippen molar-refractivity contribution in [2.24, 2.45) is 0 Å². The zero-order valence-electron chi connectivity index (χ0n) is 14.2. The summed E-state index contributed by atoms with van der Waals surface area (Å²) in [6.07, 6.45) is 6.79. The number of nitrogens with zero attached hydrogens (tertiary/aromatic N) is 2. The average molecular weight is 344 g/mol. The summed E-state index contributed by atoms with van der Waals surface area (Å²) in [7, 11) is 0. The van der Waals surface area contributed by atoms with Crippen molar-refractivity contribution in [3.8, 4) is 0 Å². The first-order chi connectivity index (χ1) is 12.1. The van der Waals surface area contributed by atoms with Crippen LogP contribution in [0.3, 0.4) is 0 Å². The Kier molecular flexibility index (Phi) is 5.71. The number of hydrogen-bond donors (Lipinski definition) is 1. The highest BCUT2D eigenvalue weighted by Crippen LogP contribution is 2.26. The quantitative estimate of drug-likeness (QED) is 0.903. The van der Waals surface area contributed by atoms with Crippen LogP contribution in [0.2, 0.25) is 0 Å². The molecule has 25 heavy (non-hydrogen) atoms. The largest absolute Gasteiger partial charge is 0.467 e. The maximum Gasteiger partial charge on any atom is 0.250 e. The third-order valence-electron chi connectivity index (χ3n) is 4.77. The highest BCUT2D eigenvalue weighted by atomic mass is 16.4. The predicted octanol–water partition coefficient (Wildman–Crippen LogP) is 2.34. The van der Waals surface area contributed by atoms with Crippen LogP contribution >= 0.6 is 0 Å². The fraction of sp³-hybridized carbons (Fsp3) is 0.474. The molecular formula is C19H24N2O4. The first-order valence-corrected chi connectivity index (χ1v) is 8.81. The molecular weight excluding hydrogens is 320 g/mol. The second kappa shape index (κ2) is 8.16. The number of aromatic nitrogens is 1. The fourth-order valence-corrected chi connectivity index (χ4v) is 3.43. The summed E-state index contributed by atoms with van der Waals surface area (Å²) in [6.45, 7) is 0.697. The highest BCUT2D eigenvalue weighted by Gasteiger charge is 2.28. The van der Waals surface area contributed by atoms with E-state index in [1.54, 1.807) is 30.5 Å². The van der Waals surface area contributed by atoms with Gasteiger partial charge in [0.1, 0.15) is 18.4 Å². The maximum atomic E-state index is 12.8. The lowest BCUT2D eigenvalue weighted by Gasteiger charge is -2.31. The Bertz CT molecular complexity index is 738. The number of furan rings is 1. The summed E-state index contributed by atoms with van der Waals surface area (Å²) in [6, 6.07) is 8.31. The molecule has 1 aliphatic heterocycles. The van der Waals surface area contributed by atoms with Crippen molar-refractivity contribution in [1.29, 1.82) is 0 Å². The molecule has 6 nitrogen and oxygen atoms in total. The van der Waals surface area contributed by atoms with E-state index >= 15 is 0 Å². The van der Waals surface area contributed by atoms with Crippen LogP contribution in [0.15, 0.2) is 52.0 Å². The van der Waals surface area contributed by atoms with Crippen molar-refractivity contribution < 1.29 is 14.3 Å². The number of carbonyl (C=O) groups is 1. The van der Waals surface area contributed by atoms with Crippen LogP contribution in [0.25, 0.3) is 0 Å². The molecule has 0 aliphatic carbocycles. The van der Waals surface area contributed by atoms with Gasteiger partial charge < -0.3 is 19.0 Å². The van der Waals surface area contributed by atoms with Crippen molar-refractivity contribution in [1.82, 2.24) is 9.47 Å². The minimum atomic E-state index is -0.729. The average Bonchev–Trinajstić information content (AvgIpc) is 3.04. The zero-order valence-corrected chi connectivity index (χ0v) is 14.2. The van der Waals surface area contributed by atoms with Crippen LogP contribution in [-0.2, 0) is 11.3 Å². The van der Waals surface area contributed by atoms with Crippen molar-refractivity contribution in [3.63, 3.8) is 0 Å². The molecule has 0 bridgehead atoms. The molecule has 3 heterocycles. The van der Waals surface area contributed by atoms with Gasteiger partial charge in [0.2, 0.25) is 5.91 Å². The molecule has 1 N–H and O–H groups in total. The van der Waals surface area contributed by atoms with E-state index in [4.69, 9.17) is 4.42 Å². The molecule has 1 saturated heterocycles. The predicted molar refractivity (Wildman–Crippen MR) is 93.0 cm³/mol. The smallest absolute Gasteiger partial charge is 0.250 e. The van der Waals surface area contributed by atoms with Crippen molar-refractivity contribution in [3.05, 3.63) is 58.9 Å². The second-order valence-corrected chi connectivity index (χ2v) is 6.52. The van der Waals surface area contributed by atoms with Crippen LogP contribution in [-0.4, -0.2) is 33.1 Å². The molecule has 2 aromatic heterocycles. The van der Waals surface area contributed by atoms with E-state index in [-0.39, 0.29) is 24.1 Å². The minimum Gasteiger partial charge on any atom is -0.467 e. The third-order valence-corrected chi connectivity index (χ3v) is 4.77. The molecule has 2 atom stereocenters. The summed E-state index contributed by atoms with van der Waals surface area (Å²) in [4.78, 5) is 26.5. The van der Waals surface area contributed by atoms with Crippen LogP contribution in [0, 0.1) is 0 Å². The molecule has 0 radical (unpaired) electrons. The van der Waals surface area contributed by atoms with Gasteiger partial charge in [0.15, 0.2) is 0 Å². The molecule has 3 rings (SSSR count). The Hall–Kier alpha value is -2.34. The van der Waals surface area contributed by atoms with E-state index in [1.807, 2.05) is 4.90 Å². The molecule has 134 valence electrons. The number of carbonyl (C=O) groups excluding carboxylic acids is 1. The number of aliphatic hydroxyl groups is 1. The summed E-state index contributed by atoms with van der Waals surface area (Å²) in [5.74, 6) is 0.447. The molecule has 1 aliphatic rings. The number of pyridine rings is 1. The van der Waals surface area contributed by atoms with E-state index in [0.717, 1.165) is 25.7 Å². The van der Waals surface area contributed by atoms with Gasteiger partial charge in [-0.15, -0.1) is 0 Å². The molecule has 1 fully saturated rings. The summed E-state index contributed by atoms with van der Waals surface area (Å²) < 4.78 is 6.70. The number of hydrogen-bond acceptors (Lipinski definition) is 4. The van der Waals surface area contributed by atoms with Gasteiger partial charge in [-0.2, -0.15) is 0 Å². The van der Waals surface area contributed by atoms with Crippen molar-refractivity contribution >= 4 is 5.91 Å². The first-order valence-electron chi connectivity index (χ1n) is 8.81. The van der Waals surface area contributed by atoms with Gasteiger partial charge >= 0.3 is 0 Å². The van der Waals surface area contributed by atoms with Crippen molar-refractivity contribution in [2.45, 2.75) is 50.8 Å². The van der Waals surface area contributed by atoms with E-state index in [9.17, 15) is 14.7 Å². The van der Waals surface area contributed by atoms with Gasteiger partial charge in [-0.3, -0.25) is 9.59 Å². The fourth-order valence-electron chi connectivity index (χ4n) is 3.43. The first kappa shape index (κ1) is 17.5. The topological polar surface area (TPSA) is 75.7 Å². The normalized spacial score (nSPS) is 19.4. The van der Waals surface area contributed by atoms with Crippen molar-refractivity contribution in [2.75, 3.05) is 6.54 Å². The van der Waals surface area contributed by atoms with E-state index in [2.05, 4.69) is 0 Å². The molecule has 2 aromatic rings. The van der Waals surface area contributed by atoms with Gasteiger partial charge in [0.05, 0.1) is 6.26 Å². The number of aliphatic hydroxyl groups excluding tert-OH is 1. The summed E-state index contributed by atoms with van der Waals surface area (Å²) >= 11 is 0. The summed E-state index contributed by atoms with van der Waals surface area (Å²) in [5, 5.41) is 10.4. The molecule has 0 saturated carbocycles. The molecule has 0 aromatic carbocycles. The van der Waals surface area contributed by atoms with Gasteiger partial charge in [-0.05, 0) is 31.0 Å². The molecule has 0 spiro atoms. The lowest BCUT2D eigenvalue weighted by Crippen LogP contribution is -2.43. The highest BCUT2D eigenvalue weighted by molar-refractivity contribution is 5.76.